The second-order valence-corrected chi connectivity index (χ2v) is 2.61. The summed E-state index contributed by atoms with van der Waals surface area (Å²) >= 11 is 0. The molecule has 0 rings (SSSR count). The van der Waals surface area contributed by atoms with Crippen molar-refractivity contribution < 1.29 is 14.3 Å². The summed E-state index contributed by atoms with van der Waals surface area (Å²) in [7, 11) is 0. The molecule has 4 nitrogen and oxygen atoms in total. The van der Waals surface area contributed by atoms with Crippen molar-refractivity contribution in [2.75, 3.05) is 13.2 Å². The zero-order valence-corrected chi connectivity index (χ0v) is 10.8. The summed E-state index contributed by atoms with van der Waals surface area (Å²) in [5, 5.41) is 0. The van der Waals surface area contributed by atoms with E-state index in [9.17, 15) is 0 Å². The third kappa shape index (κ3) is 42.5. The van der Waals surface area contributed by atoms with Crippen molar-refractivity contribution in [3.05, 3.63) is 0 Å². The van der Waals surface area contributed by atoms with E-state index in [2.05, 4.69) is 19.6 Å². The fourth-order valence-electron chi connectivity index (χ4n) is 0.518. The monoisotopic (exact) mass is 221 g/mol. The Kier molecular flexibility index (Phi) is 30.9. The summed E-state index contributed by atoms with van der Waals surface area (Å²) in [5.41, 5.74) is 4.17. The maximum absolute atomic E-state index is 8.58. The number of unbranched alkanes of at least 4 members (excludes halogenated alkanes) is 1. The largest absolute Gasteiger partial charge is 0.372 e. The molecular weight excluding hydrogens is 194 g/mol. The molecule has 0 aromatic rings. The third-order valence-corrected chi connectivity index (χ3v) is 1.30. The molecule has 0 fully saturated rings. The van der Waals surface area contributed by atoms with Gasteiger partial charge in [-0.2, -0.15) is 0 Å². The van der Waals surface area contributed by atoms with Gasteiger partial charge in [-0.15, -0.1) is 0 Å². The van der Waals surface area contributed by atoms with Crippen molar-refractivity contribution in [1.29, 1.82) is 0 Å². The number of rotatable bonds is 5. The molecule has 0 bridgehead atoms. The van der Waals surface area contributed by atoms with Crippen LogP contribution in [0.2, 0.25) is 0 Å². The molecule has 0 aliphatic carbocycles. The van der Waals surface area contributed by atoms with Crippen LogP contribution in [0.15, 0.2) is 0 Å². The van der Waals surface area contributed by atoms with Crippen LogP contribution in [-0.4, -0.2) is 25.9 Å². The zero-order chi connectivity index (χ0) is 12.5. The lowest BCUT2D eigenvalue weighted by atomic mass is 10.4. The molecule has 0 aliphatic heterocycles. The average Bonchev–Trinajstić information content (AvgIpc) is 2.20. The van der Waals surface area contributed by atoms with Gasteiger partial charge in [0.2, 0.25) is 6.41 Å². The molecule has 1 amide bonds. The molecule has 0 saturated heterocycles. The number of nitrogens with two attached hydrogens (primary N) is 1. The van der Waals surface area contributed by atoms with E-state index in [1.54, 1.807) is 0 Å². The van der Waals surface area contributed by atoms with E-state index >= 15 is 0 Å². The zero-order valence-electron chi connectivity index (χ0n) is 10.8. The molecule has 0 saturated carbocycles. The van der Waals surface area contributed by atoms with Gasteiger partial charge in [-0.05, 0) is 20.8 Å². The molecule has 0 unspecified atom stereocenters. The van der Waals surface area contributed by atoms with Crippen molar-refractivity contribution in [3.63, 3.8) is 0 Å². The summed E-state index contributed by atoms with van der Waals surface area (Å²) in [5.74, 6) is 0. The molecule has 0 aromatic carbocycles. The summed E-state index contributed by atoms with van der Waals surface area (Å²) < 4.78 is 10.1. The van der Waals surface area contributed by atoms with Crippen LogP contribution in [0.25, 0.3) is 0 Å². The molecular formula is C11H27NO3. The smallest absolute Gasteiger partial charge is 0.204 e. The Morgan fingerprint density at radius 3 is 1.47 bits per heavy atom. The Bertz CT molecular complexity index is 91.8. The van der Waals surface area contributed by atoms with Crippen molar-refractivity contribution >= 4 is 6.41 Å². The molecule has 0 spiro atoms. The number of amides is 1. The van der Waals surface area contributed by atoms with Crippen LogP contribution in [0.4, 0.5) is 0 Å². The Morgan fingerprint density at radius 2 is 1.33 bits per heavy atom. The molecule has 0 radical (unpaired) electrons. The van der Waals surface area contributed by atoms with Gasteiger partial charge in [-0.25, -0.2) is 0 Å². The minimum Gasteiger partial charge on any atom is -0.372 e. The lowest BCUT2D eigenvalue weighted by Gasteiger charge is -2.09. The minimum atomic E-state index is -0.0370. The molecule has 15 heavy (non-hydrogen) atoms. The third-order valence-electron chi connectivity index (χ3n) is 1.30. The topological polar surface area (TPSA) is 61.6 Å². The minimum absolute atomic E-state index is 0.0370. The first-order valence-corrected chi connectivity index (χ1v) is 5.52. The maximum Gasteiger partial charge on any atom is 0.204 e. The van der Waals surface area contributed by atoms with Gasteiger partial charge in [0.05, 0.1) is 0 Å². The highest BCUT2D eigenvalue weighted by molar-refractivity contribution is 5.42. The molecule has 4 heteroatoms. The van der Waals surface area contributed by atoms with Gasteiger partial charge in [0.1, 0.15) is 0 Å². The van der Waals surface area contributed by atoms with Crippen LogP contribution in [-0.2, 0) is 14.3 Å². The van der Waals surface area contributed by atoms with Crippen molar-refractivity contribution in [2.24, 2.45) is 5.73 Å². The summed E-state index contributed by atoms with van der Waals surface area (Å²) in [6.07, 6.45) is 2.85. The van der Waals surface area contributed by atoms with E-state index in [0.29, 0.717) is 0 Å². The molecule has 94 valence electrons. The number of hydrogen-bond acceptors (Lipinski definition) is 3. The number of carbonyl (C=O) groups is 1. The van der Waals surface area contributed by atoms with E-state index in [0.717, 1.165) is 13.2 Å². The van der Waals surface area contributed by atoms with Crippen LogP contribution in [0, 0.1) is 0 Å². The van der Waals surface area contributed by atoms with E-state index in [1.165, 1.54) is 12.8 Å². The van der Waals surface area contributed by atoms with Gasteiger partial charge in [-0.1, -0.05) is 26.7 Å². The highest BCUT2D eigenvalue weighted by atomic mass is 16.7. The lowest BCUT2D eigenvalue weighted by Crippen LogP contribution is -2.11. The molecule has 0 aliphatic rings. The van der Waals surface area contributed by atoms with Crippen molar-refractivity contribution in [2.45, 2.75) is 53.8 Å². The van der Waals surface area contributed by atoms with Crippen LogP contribution < -0.4 is 5.73 Å². The van der Waals surface area contributed by atoms with E-state index in [-0.39, 0.29) is 12.7 Å². The first-order valence-electron chi connectivity index (χ1n) is 5.52. The molecule has 0 atom stereocenters. The van der Waals surface area contributed by atoms with E-state index in [4.69, 9.17) is 14.3 Å². The number of ether oxygens (including phenoxy) is 2. The Balaban J connectivity index is -0.000000173. The van der Waals surface area contributed by atoms with Crippen LogP contribution in [0.3, 0.4) is 0 Å². The van der Waals surface area contributed by atoms with Gasteiger partial charge in [-0.3, -0.25) is 4.79 Å². The normalized spacial score (nSPS) is 8.40. The quantitative estimate of drug-likeness (QED) is 0.572. The van der Waals surface area contributed by atoms with Crippen LogP contribution in [0.5, 0.6) is 0 Å². The highest BCUT2D eigenvalue weighted by Gasteiger charge is 1.94. The lowest BCUT2D eigenvalue weighted by molar-refractivity contribution is -0.123. The second kappa shape index (κ2) is 23.3. The first kappa shape index (κ1) is 19.9. The van der Waals surface area contributed by atoms with Crippen LogP contribution in [0.1, 0.15) is 47.5 Å². The predicted octanol–water partition coefficient (Wildman–Crippen LogP) is 2.31. The molecule has 0 aromatic heterocycles. The van der Waals surface area contributed by atoms with Crippen LogP contribution >= 0.6 is 0 Å². The fraction of sp³-hybridized carbons (Fsp3) is 0.909. The standard InChI is InChI=1S/C6H14O2.C4H10.CH3NO/c1-4-7-6(3)8-5-2;1-3-4-2;2-1-3/h6H,4-5H2,1-3H3;3-4H2,1-2H3;1H,(H2,2,3). The highest BCUT2D eigenvalue weighted by Crippen LogP contribution is 1.90. The summed E-state index contributed by atoms with van der Waals surface area (Å²) in [6, 6.07) is 0. The number of hydrogen-bond donors (Lipinski definition) is 1. The summed E-state index contributed by atoms with van der Waals surface area (Å²) in [4.78, 5) is 8.58. The molecule has 0 heterocycles. The SMILES string of the molecule is CCCC.CCOC(C)OCC.NC=O. The Labute approximate surface area is 94.1 Å². The maximum atomic E-state index is 8.58. The number of primary amides is 1. The van der Waals surface area contributed by atoms with Gasteiger partial charge in [0.15, 0.2) is 6.29 Å². The van der Waals surface area contributed by atoms with E-state index < -0.39 is 0 Å². The van der Waals surface area contributed by atoms with Gasteiger partial charge in [0, 0.05) is 13.2 Å². The number of carbonyl (C=O) groups excluding carboxylic acids is 1. The van der Waals surface area contributed by atoms with Gasteiger partial charge >= 0.3 is 0 Å². The van der Waals surface area contributed by atoms with Gasteiger partial charge < -0.3 is 15.2 Å². The fourth-order valence-corrected chi connectivity index (χ4v) is 0.518. The average molecular weight is 221 g/mol. The second-order valence-electron chi connectivity index (χ2n) is 2.61. The van der Waals surface area contributed by atoms with Gasteiger partial charge in [0.25, 0.3) is 0 Å². The van der Waals surface area contributed by atoms with Crippen molar-refractivity contribution in [1.82, 2.24) is 0 Å². The Hall–Kier alpha value is -0.610. The molecule has 2 N–H and O–H groups in total. The first-order chi connectivity index (χ1) is 7.14. The Morgan fingerprint density at radius 1 is 1.07 bits per heavy atom. The van der Waals surface area contributed by atoms with E-state index in [1.807, 2.05) is 20.8 Å². The predicted molar refractivity (Wildman–Crippen MR) is 63.5 cm³/mol. The summed E-state index contributed by atoms with van der Waals surface area (Å²) in [6.45, 7) is 11.6. The van der Waals surface area contributed by atoms with Crippen molar-refractivity contribution in [3.8, 4) is 0 Å².